The average molecular weight is 239 g/mol. The minimum atomic E-state index is -0.608. The number of nitrogens with zero attached hydrogens (tertiary/aromatic N) is 1. The van der Waals surface area contributed by atoms with E-state index in [1.807, 2.05) is 0 Å². The summed E-state index contributed by atoms with van der Waals surface area (Å²) in [6, 6.07) is 4.26. The quantitative estimate of drug-likeness (QED) is 0.445. The van der Waals surface area contributed by atoms with Crippen LogP contribution in [0.2, 0.25) is 0 Å². The molecule has 6 heteroatoms. The number of methoxy groups -OCH3 is 1. The zero-order valence-corrected chi connectivity index (χ0v) is 9.63. The molecule has 0 heterocycles. The fraction of sp³-hybridized carbons (Fsp3) is 0.364. The number of nitro benzene ring substituents is 1. The highest BCUT2D eigenvalue weighted by atomic mass is 16.6. The molecule has 0 N–H and O–H groups in total. The minimum absolute atomic E-state index is 0.0120. The summed E-state index contributed by atoms with van der Waals surface area (Å²) in [6.45, 7) is 2.19. The number of carbonyl (C=O) groups excluding carboxylic acids is 1. The van der Waals surface area contributed by atoms with Gasteiger partial charge in [-0.05, 0) is 13.0 Å². The van der Waals surface area contributed by atoms with Crippen LogP contribution in [0, 0.1) is 10.1 Å². The van der Waals surface area contributed by atoms with Gasteiger partial charge in [-0.15, -0.1) is 0 Å². The average Bonchev–Trinajstić information content (AvgIpc) is 2.34. The fourth-order valence-corrected chi connectivity index (χ4v) is 1.40. The summed E-state index contributed by atoms with van der Waals surface area (Å²) in [5, 5.41) is 10.8. The third-order valence-electron chi connectivity index (χ3n) is 2.20. The summed E-state index contributed by atoms with van der Waals surface area (Å²) in [5.74, 6) is -0.608. The van der Waals surface area contributed by atoms with Gasteiger partial charge in [0.25, 0.3) is 5.69 Å². The number of carbonyl (C=O) groups is 1. The van der Waals surface area contributed by atoms with E-state index < -0.39 is 10.9 Å². The first-order valence-electron chi connectivity index (χ1n) is 5.04. The fourth-order valence-electron chi connectivity index (χ4n) is 1.40. The lowest BCUT2D eigenvalue weighted by molar-refractivity contribution is -0.386. The molecule has 17 heavy (non-hydrogen) atoms. The van der Waals surface area contributed by atoms with Crippen molar-refractivity contribution in [1.82, 2.24) is 0 Å². The van der Waals surface area contributed by atoms with E-state index in [1.165, 1.54) is 25.3 Å². The highest BCUT2D eigenvalue weighted by molar-refractivity contribution is 5.92. The van der Waals surface area contributed by atoms with Crippen molar-refractivity contribution in [3.63, 3.8) is 0 Å². The number of hydrogen-bond acceptors (Lipinski definition) is 5. The zero-order valence-electron chi connectivity index (χ0n) is 9.63. The Hall–Kier alpha value is -1.95. The van der Waals surface area contributed by atoms with E-state index in [0.29, 0.717) is 6.61 Å². The van der Waals surface area contributed by atoms with Crippen molar-refractivity contribution >= 4 is 11.7 Å². The lowest BCUT2D eigenvalue weighted by Gasteiger charge is -2.08. The molecule has 0 saturated carbocycles. The first-order valence-corrected chi connectivity index (χ1v) is 5.04. The maximum Gasteiger partial charge on any atom is 0.338 e. The zero-order chi connectivity index (χ0) is 12.8. The Kier molecular flexibility index (Phi) is 4.59. The van der Waals surface area contributed by atoms with Gasteiger partial charge in [0.05, 0.1) is 29.8 Å². The van der Waals surface area contributed by atoms with E-state index in [1.54, 1.807) is 6.92 Å². The molecule has 1 aromatic rings. The van der Waals surface area contributed by atoms with Crippen LogP contribution in [0.15, 0.2) is 18.2 Å². The van der Waals surface area contributed by atoms with Gasteiger partial charge in [0.1, 0.15) is 0 Å². The van der Waals surface area contributed by atoms with E-state index in [4.69, 9.17) is 4.74 Å². The van der Waals surface area contributed by atoms with Crippen molar-refractivity contribution in [1.29, 1.82) is 0 Å². The van der Waals surface area contributed by atoms with E-state index in [9.17, 15) is 14.9 Å². The van der Waals surface area contributed by atoms with Crippen molar-refractivity contribution < 1.29 is 19.2 Å². The van der Waals surface area contributed by atoms with Crippen molar-refractivity contribution in [3.8, 4) is 0 Å². The van der Waals surface area contributed by atoms with Gasteiger partial charge < -0.3 is 9.47 Å². The number of hydrogen-bond donors (Lipinski definition) is 0. The second-order valence-electron chi connectivity index (χ2n) is 3.19. The Labute approximate surface area is 98.3 Å². The Balaban J connectivity index is 3.23. The predicted molar refractivity (Wildman–Crippen MR) is 59.8 cm³/mol. The largest absolute Gasteiger partial charge is 0.465 e. The third kappa shape index (κ3) is 3.01. The van der Waals surface area contributed by atoms with Crippen LogP contribution in [0.25, 0.3) is 0 Å². The molecule has 92 valence electrons. The molecule has 1 aromatic carbocycles. The number of esters is 1. The molecule has 0 radical (unpaired) electrons. The van der Waals surface area contributed by atoms with Gasteiger partial charge in [-0.2, -0.15) is 0 Å². The summed E-state index contributed by atoms with van der Waals surface area (Å²) in [4.78, 5) is 21.8. The molecule has 0 spiro atoms. The van der Waals surface area contributed by atoms with E-state index in [2.05, 4.69) is 4.74 Å². The molecule has 0 fully saturated rings. The van der Waals surface area contributed by atoms with Gasteiger partial charge in [-0.3, -0.25) is 10.1 Å². The topological polar surface area (TPSA) is 78.7 Å². The van der Waals surface area contributed by atoms with Crippen LogP contribution in [0.1, 0.15) is 22.8 Å². The lowest BCUT2D eigenvalue weighted by Crippen LogP contribution is -2.09. The highest BCUT2D eigenvalue weighted by Gasteiger charge is 2.21. The number of benzene rings is 1. The normalized spacial score (nSPS) is 10.0. The molecular formula is C11H13NO5. The molecule has 0 bridgehead atoms. The predicted octanol–water partition coefficient (Wildman–Crippen LogP) is 1.92. The van der Waals surface area contributed by atoms with Gasteiger partial charge >= 0.3 is 5.97 Å². The maximum atomic E-state index is 11.5. The van der Waals surface area contributed by atoms with Crippen LogP contribution in [0.3, 0.4) is 0 Å². The van der Waals surface area contributed by atoms with E-state index in [-0.39, 0.29) is 23.4 Å². The van der Waals surface area contributed by atoms with Gasteiger partial charge in [-0.1, -0.05) is 6.07 Å². The molecule has 0 unspecified atom stereocenters. The third-order valence-corrected chi connectivity index (χ3v) is 2.20. The second-order valence-corrected chi connectivity index (χ2v) is 3.19. The molecule has 0 aliphatic carbocycles. The van der Waals surface area contributed by atoms with E-state index in [0.717, 1.165) is 0 Å². The summed E-state index contributed by atoms with van der Waals surface area (Å²) >= 11 is 0. The van der Waals surface area contributed by atoms with Crippen molar-refractivity contribution in [2.24, 2.45) is 0 Å². The molecule has 0 aliphatic heterocycles. The highest BCUT2D eigenvalue weighted by Crippen LogP contribution is 2.23. The SMILES string of the molecule is CCOCc1c(C(=O)OC)cccc1[N+](=O)[O-]. The van der Waals surface area contributed by atoms with Gasteiger partial charge in [0.2, 0.25) is 0 Å². The van der Waals surface area contributed by atoms with Crippen molar-refractivity contribution in [3.05, 3.63) is 39.4 Å². The molecule has 0 saturated heterocycles. The van der Waals surface area contributed by atoms with Gasteiger partial charge in [0.15, 0.2) is 0 Å². The summed E-state index contributed by atoms with van der Waals surface area (Å²) < 4.78 is 9.71. The smallest absolute Gasteiger partial charge is 0.338 e. The van der Waals surface area contributed by atoms with Crippen molar-refractivity contribution in [2.75, 3.05) is 13.7 Å². The summed E-state index contributed by atoms with van der Waals surface area (Å²) in [5.41, 5.74) is 0.266. The van der Waals surface area contributed by atoms with Crippen molar-refractivity contribution in [2.45, 2.75) is 13.5 Å². The summed E-state index contributed by atoms with van der Waals surface area (Å²) in [7, 11) is 1.23. The van der Waals surface area contributed by atoms with Crippen LogP contribution in [-0.2, 0) is 16.1 Å². The lowest BCUT2D eigenvalue weighted by atomic mass is 10.1. The molecule has 0 atom stereocenters. The minimum Gasteiger partial charge on any atom is -0.465 e. The Morgan fingerprint density at radius 2 is 2.18 bits per heavy atom. The van der Waals surface area contributed by atoms with Crippen LogP contribution in [0.5, 0.6) is 0 Å². The Morgan fingerprint density at radius 1 is 1.47 bits per heavy atom. The van der Waals surface area contributed by atoms with Crippen LogP contribution in [-0.4, -0.2) is 24.6 Å². The molecule has 0 aromatic heterocycles. The molecule has 0 amide bonds. The monoisotopic (exact) mass is 239 g/mol. The molecule has 1 rings (SSSR count). The standard InChI is InChI=1S/C11H13NO5/c1-3-17-7-9-8(11(13)16-2)5-4-6-10(9)12(14)15/h4-6H,3,7H2,1-2H3. The van der Waals surface area contributed by atoms with Gasteiger partial charge in [-0.25, -0.2) is 4.79 Å². The van der Waals surface area contributed by atoms with Crippen LogP contribution in [0.4, 0.5) is 5.69 Å². The molecule has 6 nitrogen and oxygen atoms in total. The first kappa shape index (κ1) is 13.1. The number of nitro groups is 1. The number of rotatable bonds is 5. The summed E-state index contributed by atoms with van der Waals surface area (Å²) in [6.07, 6.45) is 0. The van der Waals surface area contributed by atoms with Gasteiger partial charge in [0, 0.05) is 12.7 Å². The first-order chi connectivity index (χ1) is 8.11. The van der Waals surface area contributed by atoms with Crippen LogP contribution < -0.4 is 0 Å². The Morgan fingerprint density at radius 3 is 2.71 bits per heavy atom. The molecule has 0 aliphatic rings. The second kappa shape index (κ2) is 5.95. The van der Waals surface area contributed by atoms with E-state index >= 15 is 0 Å². The Bertz CT molecular complexity index is 430. The van der Waals surface area contributed by atoms with Crippen LogP contribution >= 0.6 is 0 Å². The number of ether oxygens (including phenoxy) is 2. The molecular weight excluding hydrogens is 226 g/mol. The maximum absolute atomic E-state index is 11.5.